The Hall–Kier alpha value is -0.860. The first-order valence-electron chi connectivity index (χ1n) is 6.70. The van der Waals surface area contributed by atoms with Gasteiger partial charge >= 0.3 is 0 Å². The molecule has 0 N–H and O–H groups in total. The molecule has 0 amide bonds. The summed E-state index contributed by atoms with van der Waals surface area (Å²) in [5.74, 6) is 0. The van der Waals surface area contributed by atoms with E-state index in [0.29, 0.717) is 0 Å². The van der Waals surface area contributed by atoms with Gasteiger partial charge in [-0.3, -0.25) is 0 Å². The van der Waals surface area contributed by atoms with E-state index in [9.17, 15) is 0 Å². The maximum absolute atomic E-state index is 3.76. The number of aryl methyl sites for hydroxylation is 2. The summed E-state index contributed by atoms with van der Waals surface area (Å²) in [5, 5.41) is 0.953. The molecule has 104 valence electrons. The lowest BCUT2D eigenvalue weighted by atomic mass is 9.95. The molecule has 2 aromatic carbocycles. The van der Waals surface area contributed by atoms with Crippen LogP contribution < -0.4 is 0 Å². The van der Waals surface area contributed by atoms with E-state index in [2.05, 4.69) is 94.2 Å². The zero-order chi connectivity index (χ0) is 14.5. The Labute approximate surface area is 138 Å². The minimum Gasteiger partial charge on any atom is -0.0924 e. The molecule has 0 saturated heterocycles. The first-order chi connectivity index (χ1) is 9.61. The maximum Gasteiger partial charge on any atom is 0.00771 e. The van der Waals surface area contributed by atoms with Crippen molar-refractivity contribution in [1.29, 1.82) is 0 Å². The molecule has 0 fully saturated rings. The van der Waals surface area contributed by atoms with Gasteiger partial charge in [-0.05, 0) is 37.0 Å². The van der Waals surface area contributed by atoms with Crippen molar-refractivity contribution in [2.24, 2.45) is 0 Å². The van der Waals surface area contributed by atoms with Gasteiger partial charge in [0, 0.05) is 9.81 Å². The van der Waals surface area contributed by atoms with Crippen LogP contribution in [0.1, 0.15) is 28.7 Å². The first-order valence-corrected chi connectivity index (χ1v) is 8.62. The van der Waals surface area contributed by atoms with E-state index >= 15 is 0 Å². The van der Waals surface area contributed by atoms with Crippen LogP contribution in [0.3, 0.4) is 0 Å². The molecular formula is C18H18Br2. The fourth-order valence-corrected chi connectivity index (χ4v) is 3.71. The van der Waals surface area contributed by atoms with Crippen LogP contribution in [0.5, 0.6) is 0 Å². The molecule has 2 rings (SSSR count). The van der Waals surface area contributed by atoms with Crippen molar-refractivity contribution in [3.05, 3.63) is 75.3 Å². The van der Waals surface area contributed by atoms with Crippen LogP contribution >= 0.6 is 31.9 Å². The van der Waals surface area contributed by atoms with Crippen LogP contribution in [0.25, 0.3) is 5.57 Å². The second-order valence-corrected chi connectivity index (χ2v) is 6.70. The molecule has 0 nitrogen and oxygen atoms in total. The Balaban J connectivity index is 2.53. The Morgan fingerprint density at radius 3 is 1.55 bits per heavy atom. The average molecular weight is 394 g/mol. The molecule has 0 aliphatic heterocycles. The summed E-state index contributed by atoms with van der Waals surface area (Å²) in [4.78, 5) is 0. The molecule has 0 spiro atoms. The Kier molecular flexibility index (Phi) is 5.62. The van der Waals surface area contributed by atoms with Crippen molar-refractivity contribution in [1.82, 2.24) is 0 Å². The summed E-state index contributed by atoms with van der Waals surface area (Å²) < 4.78 is 1.24. The number of allylic oxidation sites excluding steroid dienone is 1. The lowest BCUT2D eigenvalue weighted by Crippen LogP contribution is -1.92. The van der Waals surface area contributed by atoms with Gasteiger partial charge < -0.3 is 0 Å². The van der Waals surface area contributed by atoms with Gasteiger partial charge in [-0.1, -0.05) is 91.5 Å². The second-order valence-electron chi connectivity index (χ2n) is 4.95. The standard InChI is InChI=1S/C18H18Br2/c1-13-3-7-15(8-4-13)18(17(20)11-12-19)16-9-5-14(2)6-10-16/h3-10H,11-12H2,1-2H3. The SMILES string of the molecule is Cc1ccc(C(=C(Br)CCBr)c2ccc(C)cc2)cc1. The van der Waals surface area contributed by atoms with Gasteiger partial charge in [0.1, 0.15) is 0 Å². The number of hydrogen-bond acceptors (Lipinski definition) is 0. The zero-order valence-electron chi connectivity index (χ0n) is 11.8. The van der Waals surface area contributed by atoms with Gasteiger partial charge in [0.2, 0.25) is 0 Å². The fraction of sp³-hybridized carbons (Fsp3) is 0.222. The van der Waals surface area contributed by atoms with Crippen LogP contribution in [0.2, 0.25) is 0 Å². The third-order valence-corrected chi connectivity index (χ3v) is 4.46. The number of halogens is 2. The summed E-state index contributed by atoms with van der Waals surface area (Å²) in [5.41, 5.74) is 6.37. The number of benzene rings is 2. The van der Waals surface area contributed by atoms with Gasteiger partial charge in [0.15, 0.2) is 0 Å². The molecule has 0 heterocycles. The monoisotopic (exact) mass is 392 g/mol. The third-order valence-electron chi connectivity index (χ3n) is 3.27. The van der Waals surface area contributed by atoms with E-state index in [1.165, 1.54) is 32.3 Å². The highest BCUT2D eigenvalue weighted by atomic mass is 79.9. The van der Waals surface area contributed by atoms with Gasteiger partial charge in [0.25, 0.3) is 0 Å². The van der Waals surface area contributed by atoms with Crippen LogP contribution in [0, 0.1) is 13.8 Å². The molecule has 0 radical (unpaired) electrons. The van der Waals surface area contributed by atoms with Crippen LogP contribution in [0.4, 0.5) is 0 Å². The van der Waals surface area contributed by atoms with Crippen LogP contribution in [-0.4, -0.2) is 5.33 Å². The average Bonchev–Trinajstić information content (AvgIpc) is 2.44. The normalized spacial score (nSPS) is 10.4. The van der Waals surface area contributed by atoms with Crippen molar-refractivity contribution in [2.75, 3.05) is 5.33 Å². The molecule has 0 atom stereocenters. The molecule has 2 aromatic rings. The molecule has 0 saturated carbocycles. The molecule has 20 heavy (non-hydrogen) atoms. The minimum absolute atomic E-state index is 0.953. The van der Waals surface area contributed by atoms with Gasteiger partial charge in [-0.15, -0.1) is 0 Å². The Morgan fingerprint density at radius 1 is 0.800 bits per heavy atom. The molecule has 0 unspecified atom stereocenters. The molecule has 2 heteroatoms. The van der Waals surface area contributed by atoms with Gasteiger partial charge in [-0.25, -0.2) is 0 Å². The molecule has 0 aromatic heterocycles. The quantitative estimate of drug-likeness (QED) is 0.539. The number of hydrogen-bond donors (Lipinski definition) is 0. The lowest BCUT2D eigenvalue weighted by Gasteiger charge is -2.12. The highest BCUT2D eigenvalue weighted by Gasteiger charge is 2.10. The Morgan fingerprint density at radius 2 is 1.20 bits per heavy atom. The fourth-order valence-electron chi connectivity index (χ4n) is 2.13. The van der Waals surface area contributed by atoms with Gasteiger partial charge in [0.05, 0.1) is 0 Å². The van der Waals surface area contributed by atoms with E-state index in [4.69, 9.17) is 0 Å². The smallest absolute Gasteiger partial charge is 0.00771 e. The van der Waals surface area contributed by atoms with Crippen molar-refractivity contribution in [2.45, 2.75) is 20.3 Å². The Bertz CT molecular complexity index is 545. The number of rotatable bonds is 4. The number of alkyl halides is 1. The van der Waals surface area contributed by atoms with Crippen molar-refractivity contribution < 1.29 is 0 Å². The van der Waals surface area contributed by atoms with Crippen LogP contribution in [0.15, 0.2) is 53.0 Å². The van der Waals surface area contributed by atoms with E-state index < -0.39 is 0 Å². The summed E-state index contributed by atoms with van der Waals surface area (Å²) in [7, 11) is 0. The highest BCUT2D eigenvalue weighted by Crippen LogP contribution is 2.32. The lowest BCUT2D eigenvalue weighted by molar-refractivity contribution is 1.24. The van der Waals surface area contributed by atoms with E-state index in [-0.39, 0.29) is 0 Å². The summed E-state index contributed by atoms with van der Waals surface area (Å²) >= 11 is 7.29. The summed E-state index contributed by atoms with van der Waals surface area (Å²) in [6, 6.07) is 17.4. The molecule has 0 aliphatic rings. The van der Waals surface area contributed by atoms with Crippen LogP contribution in [-0.2, 0) is 0 Å². The largest absolute Gasteiger partial charge is 0.0924 e. The maximum atomic E-state index is 3.76. The van der Waals surface area contributed by atoms with E-state index in [1.54, 1.807) is 0 Å². The molecular weight excluding hydrogens is 376 g/mol. The van der Waals surface area contributed by atoms with E-state index in [1.807, 2.05) is 0 Å². The van der Waals surface area contributed by atoms with E-state index in [0.717, 1.165) is 11.8 Å². The predicted molar refractivity (Wildman–Crippen MR) is 95.7 cm³/mol. The van der Waals surface area contributed by atoms with Crippen molar-refractivity contribution >= 4 is 37.4 Å². The molecule has 0 bridgehead atoms. The predicted octanol–water partition coefficient (Wildman–Crippen LogP) is 6.24. The minimum atomic E-state index is 0.953. The third kappa shape index (κ3) is 3.83. The van der Waals surface area contributed by atoms with Gasteiger partial charge in [-0.2, -0.15) is 0 Å². The summed E-state index contributed by atoms with van der Waals surface area (Å²) in [6.07, 6.45) is 0.983. The highest BCUT2D eigenvalue weighted by molar-refractivity contribution is 9.12. The molecule has 0 aliphatic carbocycles. The van der Waals surface area contributed by atoms with Crippen molar-refractivity contribution in [3.8, 4) is 0 Å². The summed E-state index contributed by atoms with van der Waals surface area (Å²) in [6.45, 7) is 4.24. The topological polar surface area (TPSA) is 0 Å². The zero-order valence-corrected chi connectivity index (χ0v) is 15.0. The first kappa shape index (κ1) is 15.5. The second kappa shape index (κ2) is 7.24. The van der Waals surface area contributed by atoms with Crippen molar-refractivity contribution in [3.63, 3.8) is 0 Å².